The maximum Gasteiger partial charge on any atom is 0.236 e. The van der Waals surface area contributed by atoms with Gasteiger partial charge in [0, 0.05) is 37.8 Å². The van der Waals surface area contributed by atoms with Gasteiger partial charge in [-0.2, -0.15) is 4.31 Å². The molecule has 1 aromatic heterocycles. The third kappa shape index (κ3) is 4.46. The molecule has 7 nitrogen and oxygen atoms in total. The quantitative estimate of drug-likeness (QED) is 0.856. The number of anilines is 1. The third-order valence-corrected chi connectivity index (χ3v) is 5.75. The first-order chi connectivity index (χ1) is 12.5. The first kappa shape index (κ1) is 18.5. The monoisotopic (exact) mass is 374 g/mol. The van der Waals surface area contributed by atoms with Gasteiger partial charge in [-0.25, -0.2) is 18.4 Å². The zero-order valence-corrected chi connectivity index (χ0v) is 15.4. The average Bonchev–Trinajstić information content (AvgIpc) is 2.67. The van der Waals surface area contributed by atoms with Gasteiger partial charge in [0.2, 0.25) is 10.0 Å². The Kier molecular flexibility index (Phi) is 5.65. The Morgan fingerprint density at radius 2 is 1.81 bits per heavy atom. The smallest absolute Gasteiger partial charge is 0.236 e. The number of rotatable bonds is 5. The number of hydrogen-bond acceptors (Lipinski definition) is 6. The van der Waals surface area contributed by atoms with Gasteiger partial charge in [0.05, 0.1) is 0 Å². The number of benzene rings is 1. The van der Waals surface area contributed by atoms with E-state index in [0.717, 1.165) is 5.56 Å². The summed E-state index contributed by atoms with van der Waals surface area (Å²) in [5.41, 5.74) is 0.848. The molecule has 0 unspecified atom stereocenters. The second-order valence-corrected chi connectivity index (χ2v) is 7.91. The van der Waals surface area contributed by atoms with E-state index in [9.17, 15) is 13.5 Å². The SMILES string of the molecule is C[C@@H](O)c1nccc(N2CCN(S(=O)(=O)C=Cc3ccccc3)CC2)n1. The molecule has 1 fully saturated rings. The van der Waals surface area contributed by atoms with Crippen LogP contribution in [0.5, 0.6) is 0 Å². The summed E-state index contributed by atoms with van der Waals surface area (Å²) in [6.45, 7) is 3.46. The number of piperazine rings is 1. The van der Waals surface area contributed by atoms with Gasteiger partial charge in [0.1, 0.15) is 11.9 Å². The molecule has 1 atom stereocenters. The van der Waals surface area contributed by atoms with Crippen LogP contribution in [0, 0.1) is 0 Å². The molecule has 0 radical (unpaired) electrons. The van der Waals surface area contributed by atoms with Crippen molar-refractivity contribution < 1.29 is 13.5 Å². The zero-order chi connectivity index (χ0) is 18.6. The number of aliphatic hydroxyl groups is 1. The van der Waals surface area contributed by atoms with E-state index in [-0.39, 0.29) is 0 Å². The Bertz CT molecular complexity index is 861. The zero-order valence-electron chi connectivity index (χ0n) is 14.6. The number of nitrogens with zero attached hydrogens (tertiary/aromatic N) is 4. The second kappa shape index (κ2) is 7.94. The normalized spacial score (nSPS) is 17.5. The van der Waals surface area contributed by atoms with E-state index in [2.05, 4.69) is 9.97 Å². The molecular formula is C18H22N4O3S. The van der Waals surface area contributed by atoms with Gasteiger partial charge in [0.15, 0.2) is 5.82 Å². The maximum atomic E-state index is 12.5. The van der Waals surface area contributed by atoms with Crippen molar-refractivity contribution in [2.75, 3.05) is 31.1 Å². The summed E-state index contributed by atoms with van der Waals surface area (Å²) in [6.07, 6.45) is 2.48. The molecule has 0 bridgehead atoms. The summed E-state index contributed by atoms with van der Waals surface area (Å²) in [4.78, 5) is 10.4. The van der Waals surface area contributed by atoms with Gasteiger partial charge in [0.25, 0.3) is 0 Å². The lowest BCUT2D eigenvalue weighted by atomic mass is 10.2. The number of aliphatic hydroxyl groups excluding tert-OH is 1. The van der Waals surface area contributed by atoms with E-state index >= 15 is 0 Å². The van der Waals surface area contributed by atoms with Crippen molar-refractivity contribution in [1.29, 1.82) is 0 Å². The summed E-state index contributed by atoms with van der Waals surface area (Å²) < 4.78 is 26.5. The second-order valence-electron chi connectivity index (χ2n) is 6.09. The van der Waals surface area contributed by atoms with Gasteiger partial charge < -0.3 is 10.0 Å². The first-order valence-corrected chi connectivity index (χ1v) is 9.95. The molecule has 1 aromatic carbocycles. The van der Waals surface area contributed by atoms with Gasteiger partial charge in [-0.3, -0.25) is 0 Å². The van der Waals surface area contributed by atoms with E-state index < -0.39 is 16.1 Å². The molecule has 26 heavy (non-hydrogen) atoms. The van der Waals surface area contributed by atoms with E-state index in [1.165, 1.54) is 9.71 Å². The fourth-order valence-electron chi connectivity index (χ4n) is 2.73. The van der Waals surface area contributed by atoms with E-state index in [4.69, 9.17) is 0 Å². The molecule has 1 aliphatic heterocycles. The molecule has 2 aromatic rings. The highest BCUT2D eigenvalue weighted by Crippen LogP contribution is 2.18. The molecule has 0 spiro atoms. The molecule has 0 amide bonds. The lowest BCUT2D eigenvalue weighted by Gasteiger charge is -2.34. The van der Waals surface area contributed by atoms with Gasteiger partial charge in [-0.15, -0.1) is 0 Å². The number of sulfonamides is 1. The molecule has 1 aliphatic rings. The van der Waals surface area contributed by atoms with Crippen LogP contribution in [0.2, 0.25) is 0 Å². The Hall–Kier alpha value is -2.29. The first-order valence-electron chi connectivity index (χ1n) is 8.45. The minimum atomic E-state index is -3.46. The summed E-state index contributed by atoms with van der Waals surface area (Å²) in [7, 11) is -3.46. The minimum absolute atomic E-state index is 0.364. The van der Waals surface area contributed by atoms with Gasteiger partial charge in [-0.1, -0.05) is 30.3 Å². The largest absolute Gasteiger partial charge is 0.385 e. The molecular weight excluding hydrogens is 352 g/mol. The van der Waals surface area contributed by atoms with Crippen molar-refractivity contribution >= 4 is 21.9 Å². The van der Waals surface area contributed by atoms with Crippen molar-refractivity contribution in [3.05, 3.63) is 59.4 Å². The van der Waals surface area contributed by atoms with Crippen LogP contribution in [-0.4, -0.2) is 54.0 Å². The van der Waals surface area contributed by atoms with Gasteiger partial charge in [-0.05, 0) is 24.6 Å². The average molecular weight is 374 g/mol. The summed E-state index contributed by atoms with van der Waals surface area (Å²) in [5.74, 6) is 1.07. The molecule has 0 saturated carbocycles. The number of hydrogen-bond donors (Lipinski definition) is 1. The lowest BCUT2D eigenvalue weighted by Crippen LogP contribution is -2.48. The van der Waals surface area contributed by atoms with Crippen LogP contribution in [0.4, 0.5) is 5.82 Å². The highest BCUT2D eigenvalue weighted by molar-refractivity contribution is 7.92. The Morgan fingerprint density at radius 3 is 2.46 bits per heavy atom. The minimum Gasteiger partial charge on any atom is -0.385 e. The molecule has 0 aliphatic carbocycles. The third-order valence-electron chi connectivity index (χ3n) is 4.19. The number of aromatic nitrogens is 2. The van der Waals surface area contributed by atoms with Crippen LogP contribution in [0.25, 0.3) is 6.08 Å². The standard InChI is InChI=1S/C18H22N4O3S/c1-15(23)18-19-9-7-17(20-18)21-10-12-22(13-11-21)26(24,25)14-8-16-5-3-2-4-6-16/h2-9,14-15,23H,10-13H2,1H3/t15-/m1/s1. The van der Waals surface area contributed by atoms with E-state index in [0.29, 0.717) is 37.8 Å². The van der Waals surface area contributed by atoms with Crippen LogP contribution in [-0.2, 0) is 10.0 Å². The highest BCUT2D eigenvalue weighted by Gasteiger charge is 2.25. The predicted molar refractivity (Wildman–Crippen MR) is 101 cm³/mol. The van der Waals surface area contributed by atoms with Crippen LogP contribution in [0.15, 0.2) is 48.0 Å². The fourth-order valence-corrected chi connectivity index (χ4v) is 3.90. The molecule has 138 valence electrons. The topological polar surface area (TPSA) is 86.6 Å². The molecule has 3 rings (SSSR count). The molecule has 1 saturated heterocycles. The summed E-state index contributed by atoms with van der Waals surface area (Å²) >= 11 is 0. The van der Waals surface area contributed by atoms with Crippen LogP contribution >= 0.6 is 0 Å². The molecule has 8 heteroatoms. The predicted octanol–water partition coefficient (Wildman–Crippen LogP) is 1.65. The molecule has 2 heterocycles. The van der Waals surface area contributed by atoms with Crippen molar-refractivity contribution in [3.63, 3.8) is 0 Å². The Morgan fingerprint density at radius 1 is 1.12 bits per heavy atom. The maximum absolute atomic E-state index is 12.5. The van der Waals surface area contributed by atoms with Crippen molar-refractivity contribution in [3.8, 4) is 0 Å². The molecule has 1 N–H and O–H groups in total. The van der Waals surface area contributed by atoms with Crippen molar-refractivity contribution in [2.24, 2.45) is 0 Å². The highest BCUT2D eigenvalue weighted by atomic mass is 32.2. The van der Waals surface area contributed by atoms with Crippen LogP contribution < -0.4 is 4.90 Å². The summed E-state index contributed by atoms with van der Waals surface area (Å²) in [6, 6.07) is 11.1. The fraction of sp³-hybridized carbons (Fsp3) is 0.333. The Labute approximate surface area is 153 Å². The van der Waals surface area contributed by atoms with Crippen molar-refractivity contribution in [2.45, 2.75) is 13.0 Å². The van der Waals surface area contributed by atoms with E-state index in [1.807, 2.05) is 35.2 Å². The summed E-state index contributed by atoms with van der Waals surface area (Å²) in [5, 5.41) is 10.9. The Balaban J connectivity index is 1.64. The lowest BCUT2D eigenvalue weighted by molar-refractivity contribution is 0.189. The van der Waals surface area contributed by atoms with Crippen LogP contribution in [0.3, 0.4) is 0 Å². The van der Waals surface area contributed by atoms with E-state index in [1.54, 1.807) is 25.3 Å². The van der Waals surface area contributed by atoms with Gasteiger partial charge >= 0.3 is 0 Å². The van der Waals surface area contributed by atoms with Crippen LogP contribution in [0.1, 0.15) is 24.4 Å². The van der Waals surface area contributed by atoms with Crippen molar-refractivity contribution in [1.82, 2.24) is 14.3 Å².